The van der Waals surface area contributed by atoms with Crippen molar-refractivity contribution >= 4 is 44.7 Å². The van der Waals surface area contributed by atoms with Gasteiger partial charge in [0.25, 0.3) is 5.91 Å². The number of carbonyl (C=O) groups is 1. The molecule has 0 fully saturated rings. The Morgan fingerprint density at radius 3 is 2.84 bits per heavy atom. The maximum absolute atomic E-state index is 12.3. The molecule has 9 heteroatoms. The molecule has 1 amide bonds. The highest BCUT2D eigenvalue weighted by molar-refractivity contribution is 7.21. The van der Waals surface area contributed by atoms with Crippen molar-refractivity contribution in [3.8, 4) is 0 Å². The van der Waals surface area contributed by atoms with Crippen LogP contribution in [0.4, 0.5) is 5.82 Å². The quantitative estimate of drug-likeness (QED) is 0.450. The maximum Gasteiger partial charge on any atom is 0.262 e. The second kappa shape index (κ2) is 7.40. The molecular weight excluding hydrogens is 364 g/mol. The highest BCUT2D eigenvalue weighted by Crippen LogP contribution is 2.34. The van der Waals surface area contributed by atoms with Gasteiger partial charge in [-0.25, -0.2) is 4.98 Å². The molecule has 0 unspecified atom stereocenters. The van der Waals surface area contributed by atoms with Gasteiger partial charge in [0, 0.05) is 23.2 Å². The Balaban J connectivity index is 1.56. The molecule has 0 bridgehead atoms. The zero-order valence-corrected chi connectivity index (χ0v) is 15.0. The summed E-state index contributed by atoms with van der Waals surface area (Å²) in [5, 5.41) is 22.1. The van der Waals surface area contributed by atoms with Crippen LogP contribution in [0.1, 0.15) is 21.9 Å². The minimum absolute atomic E-state index is 0.0191. The fourth-order valence-corrected chi connectivity index (χ4v) is 3.94. The number of benzene rings is 1. The zero-order valence-electron chi connectivity index (χ0n) is 13.4. The number of rotatable bonds is 6. The smallest absolute Gasteiger partial charge is 0.262 e. The van der Waals surface area contributed by atoms with Crippen molar-refractivity contribution in [2.24, 2.45) is 0 Å². The summed E-state index contributed by atoms with van der Waals surface area (Å²) in [6, 6.07) is 7.65. The fraction of sp³-hybridized carbons (Fsp3) is 0.250. The van der Waals surface area contributed by atoms with E-state index in [9.17, 15) is 4.79 Å². The van der Waals surface area contributed by atoms with Crippen molar-refractivity contribution in [3.05, 3.63) is 46.2 Å². The van der Waals surface area contributed by atoms with Crippen molar-refractivity contribution in [1.29, 1.82) is 0 Å². The topological polar surface area (TPSA) is 90.6 Å². The van der Waals surface area contributed by atoms with Gasteiger partial charge in [-0.05, 0) is 19.4 Å². The highest BCUT2D eigenvalue weighted by atomic mass is 35.5. The van der Waals surface area contributed by atoms with E-state index in [2.05, 4.69) is 10.3 Å². The summed E-state index contributed by atoms with van der Waals surface area (Å²) in [5.41, 5.74) is 0. The number of fused-ring (bicyclic) bond motifs is 1. The number of halogens is 1. The monoisotopic (exact) mass is 380 g/mol. The van der Waals surface area contributed by atoms with Crippen LogP contribution in [0.3, 0.4) is 0 Å². The molecule has 25 heavy (non-hydrogen) atoms. The molecule has 0 saturated heterocycles. The first kappa shape index (κ1) is 17.7. The molecule has 0 aliphatic carbocycles. The second-order valence-electron chi connectivity index (χ2n) is 5.48. The van der Waals surface area contributed by atoms with Crippen LogP contribution < -0.4 is 10.5 Å². The van der Waals surface area contributed by atoms with Crippen LogP contribution in [-0.4, -0.2) is 32.4 Å². The number of aryl methyl sites for hydroxylation is 2. The van der Waals surface area contributed by atoms with E-state index in [0.717, 1.165) is 10.1 Å². The van der Waals surface area contributed by atoms with Crippen LogP contribution >= 0.6 is 22.9 Å². The van der Waals surface area contributed by atoms with E-state index in [-0.39, 0.29) is 17.0 Å². The number of nitrogens with one attached hydrogen (secondary N) is 1. The van der Waals surface area contributed by atoms with Crippen LogP contribution in [0.25, 0.3) is 10.1 Å². The van der Waals surface area contributed by atoms with Crippen molar-refractivity contribution < 1.29 is 15.2 Å². The molecule has 3 rings (SSSR count). The number of imidazole rings is 1. The lowest BCUT2D eigenvalue weighted by molar-refractivity contribution is 0.0269. The van der Waals surface area contributed by atoms with E-state index in [1.165, 1.54) is 17.5 Å². The van der Waals surface area contributed by atoms with E-state index in [4.69, 9.17) is 22.0 Å². The Morgan fingerprint density at radius 1 is 1.40 bits per heavy atom. The average Bonchev–Trinajstić information content (AvgIpc) is 3.13. The molecule has 2 aromatic heterocycles. The van der Waals surface area contributed by atoms with Gasteiger partial charge in [0.15, 0.2) is 0 Å². The van der Waals surface area contributed by atoms with Gasteiger partial charge in [-0.2, -0.15) is 0 Å². The molecule has 0 radical (unpaired) electrons. The minimum Gasteiger partial charge on any atom is -0.351 e. The summed E-state index contributed by atoms with van der Waals surface area (Å²) in [7, 11) is 0. The van der Waals surface area contributed by atoms with E-state index >= 15 is 0 Å². The molecule has 0 spiro atoms. The first-order valence-electron chi connectivity index (χ1n) is 7.64. The zero-order chi connectivity index (χ0) is 18.0. The molecule has 132 valence electrons. The van der Waals surface area contributed by atoms with Crippen molar-refractivity contribution in [1.82, 2.24) is 14.9 Å². The number of nitrogens with zero attached hydrogens (tertiary/aromatic N) is 3. The third-order valence-corrected chi connectivity index (χ3v) is 5.44. The third-order valence-electron chi connectivity index (χ3n) is 3.77. The average molecular weight is 381 g/mol. The number of carbonyl (C=O) groups excluding carboxylic acids is 1. The van der Waals surface area contributed by atoms with Crippen LogP contribution in [-0.2, 0) is 6.54 Å². The van der Waals surface area contributed by atoms with Crippen LogP contribution in [0.5, 0.6) is 0 Å². The summed E-state index contributed by atoms with van der Waals surface area (Å²) in [4.78, 5) is 16.8. The Hall–Kier alpha value is -2.13. The normalized spacial score (nSPS) is 11.0. The van der Waals surface area contributed by atoms with Gasteiger partial charge >= 0.3 is 0 Å². The van der Waals surface area contributed by atoms with Gasteiger partial charge in [-0.1, -0.05) is 29.8 Å². The molecule has 3 N–H and O–H groups in total. The number of aromatic nitrogens is 2. The molecule has 0 saturated carbocycles. The lowest BCUT2D eigenvalue weighted by atomic mass is 10.2. The largest absolute Gasteiger partial charge is 0.351 e. The molecule has 3 aromatic rings. The first-order chi connectivity index (χ1) is 12.0. The predicted molar refractivity (Wildman–Crippen MR) is 96.8 cm³/mol. The van der Waals surface area contributed by atoms with E-state index in [1.807, 2.05) is 24.3 Å². The Bertz CT molecular complexity index is 906. The van der Waals surface area contributed by atoms with E-state index in [1.54, 1.807) is 11.5 Å². The van der Waals surface area contributed by atoms with Crippen LogP contribution in [0, 0.1) is 6.92 Å². The summed E-state index contributed by atoms with van der Waals surface area (Å²) in [6.07, 6.45) is 2.20. The molecule has 7 nitrogen and oxygen atoms in total. The predicted octanol–water partition coefficient (Wildman–Crippen LogP) is 3.46. The number of amides is 1. The van der Waals surface area contributed by atoms with Gasteiger partial charge in [0.1, 0.15) is 10.7 Å². The second-order valence-corrected chi connectivity index (χ2v) is 6.91. The van der Waals surface area contributed by atoms with Gasteiger partial charge in [-0.15, -0.1) is 16.6 Å². The molecule has 0 atom stereocenters. The van der Waals surface area contributed by atoms with Crippen LogP contribution in [0.2, 0.25) is 5.02 Å². The molecule has 0 aliphatic rings. The van der Waals surface area contributed by atoms with Gasteiger partial charge in [0.05, 0.1) is 11.2 Å². The number of thiophene rings is 1. The van der Waals surface area contributed by atoms with E-state index in [0.29, 0.717) is 35.2 Å². The van der Waals surface area contributed by atoms with E-state index < -0.39 is 0 Å². The number of anilines is 1. The highest BCUT2D eigenvalue weighted by Gasteiger charge is 2.16. The SMILES string of the molecule is Cc1nc(N(O)O)cn1CCCNC(=O)c1sc2ccccc2c1Cl. The Morgan fingerprint density at radius 2 is 2.16 bits per heavy atom. The minimum atomic E-state index is -0.189. The van der Waals surface area contributed by atoms with Gasteiger partial charge < -0.3 is 9.88 Å². The lowest BCUT2D eigenvalue weighted by Crippen LogP contribution is -2.24. The summed E-state index contributed by atoms with van der Waals surface area (Å²) < 4.78 is 2.77. The summed E-state index contributed by atoms with van der Waals surface area (Å²) >= 11 is 7.67. The number of hydrogen-bond acceptors (Lipinski definition) is 6. The molecule has 2 heterocycles. The van der Waals surface area contributed by atoms with Crippen LogP contribution in [0.15, 0.2) is 30.5 Å². The van der Waals surface area contributed by atoms with Gasteiger partial charge in [-0.3, -0.25) is 15.2 Å². The Labute approximate surface area is 153 Å². The summed E-state index contributed by atoms with van der Waals surface area (Å²) in [5.74, 6) is 0.520. The fourth-order valence-electron chi connectivity index (χ4n) is 2.51. The van der Waals surface area contributed by atoms with Crippen molar-refractivity contribution in [3.63, 3.8) is 0 Å². The number of hydrogen-bond donors (Lipinski definition) is 3. The first-order valence-corrected chi connectivity index (χ1v) is 8.83. The van der Waals surface area contributed by atoms with Gasteiger partial charge in [0.2, 0.25) is 5.82 Å². The standard InChI is InChI=1S/C16H17ClN4O3S/c1-10-19-13(21(23)24)9-20(10)8-4-7-18-16(22)15-14(17)11-5-2-3-6-12(11)25-15/h2-3,5-6,9,23-24H,4,7-8H2,1H3,(H,18,22). The third kappa shape index (κ3) is 3.77. The maximum atomic E-state index is 12.3. The summed E-state index contributed by atoms with van der Waals surface area (Å²) in [6.45, 7) is 2.83. The molecule has 1 aromatic carbocycles. The van der Waals surface area contributed by atoms with Crippen molar-refractivity contribution in [2.45, 2.75) is 19.9 Å². The van der Waals surface area contributed by atoms with Crippen molar-refractivity contribution in [2.75, 3.05) is 11.8 Å². The lowest BCUT2D eigenvalue weighted by Gasteiger charge is -2.06. The molecule has 0 aliphatic heterocycles. The Kier molecular flexibility index (Phi) is 5.24. The molecular formula is C16H17ClN4O3S.